The second kappa shape index (κ2) is 7.24. The van der Waals surface area contributed by atoms with Gasteiger partial charge >= 0.3 is 0 Å². The van der Waals surface area contributed by atoms with E-state index in [0.717, 1.165) is 24.5 Å². The predicted molar refractivity (Wildman–Crippen MR) is 82.4 cm³/mol. The zero-order valence-electron chi connectivity index (χ0n) is 13.6. The lowest BCUT2D eigenvalue weighted by Crippen LogP contribution is -2.34. The molecule has 0 aromatic carbocycles. The van der Waals surface area contributed by atoms with Crippen LogP contribution in [0.15, 0.2) is 6.20 Å². The van der Waals surface area contributed by atoms with Gasteiger partial charge in [-0.2, -0.15) is 5.10 Å². The molecule has 1 aromatic rings. The number of nitrogens with zero attached hydrogens (tertiary/aromatic N) is 3. The Bertz CT molecular complexity index is 443. The molecule has 0 radical (unpaired) electrons. The van der Waals surface area contributed by atoms with Crippen molar-refractivity contribution >= 4 is 0 Å². The van der Waals surface area contributed by atoms with Crippen molar-refractivity contribution in [2.45, 2.75) is 38.5 Å². The maximum Gasteiger partial charge on any atom is 0.161 e. The van der Waals surface area contributed by atoms with Crippen LogP contribution in [-0.4, -0.2) is 55.1 Å². The first-order valence-corrected chi connectivity index (χ1v) is 7.70. The van der Waals surface area contributed by atoms with Crippen molar-refractivity contribution in [1.82, 2.24) is 14.7 Å². The molecule has 2 rings (SSSR count). The molecule has 2 N–H and O–H groups in total. The van der Waals surface area contributed by atoms with Gasteiger partial charge in [-0.3, -0.25) is 4.68 Å². The van der Waals surface area contributed by atoms with Crippen LogP contribution in [0.4, 0.5) is 0 Å². The van der Waals surface area contributed by atoms with Crippen LogP contribution >= 0.6 is 0 Å². The SMILES string of the molecule is CCOC(C1CC1)C(N)c1c(OC)cnn1CCN(C)C. The Morgan fingerprint density at radius 3 is 2.71 bits per heavy atom. The molecule has 0 amide bonds. The molecular weight excluding hydrogens is 268 g/mol. The molecule has 6 heteroatoms. The Hall–Kier alpha value is -1.11. The number of likely N-dealkylation sites (N-methyl/N-ethyl adjacent to an activating group) is 1. The van der Waals surface area contributed by atoms with Crippen LogP contribution in [-0.2, 0) is 11.3 Å². The normalized spacial score (nSPS) is 18.0. The van der Waals surface area contributed by atoms with Crippen LogP contribution in [0.5, 0.6) is 5.75 Å². The van der Waals surface area contributed by atoms with Crippen LogP contribution in [0.3, 0.4) is 0 Å². The van der Waals surface area contributed by atoms with E-state index < -0.39 is 0 Å². The van der Waals surface area contributed by atoms with Crippen molar-refractivity contribution in [3.05, 3.63) is 11.9 Å². The minimum Gasteiger partial charge on any atom is -0.493 e. The summed E-state index contributed by atoms with van der Waals surface area (Å²) >= 11 is 0. The third-order valence-corrected chi connectivity index (χ3v) is 3.94. The number of nitrogens with two attached hydrogens (primary N) is 1. The van der Waals surface area contributed by atoms with Crippen LogP contribution in [0.25, 0.3) is 0 Å². The molecule has 1 aliphatic carbocycles. The average Bonchev–Trinajstić information content (AvgIpc) is 3.21. The van der Waals surface area contributed by atoms with Gasteiger partial charge in [0.2, 0.25) is 0 Å². The zero-order chi connectivity index (χ0) is 15.4. The van der Waals surface area contributed by atoms with Gasteiger partial charge in [0.15, 0.2) is 5.75 Å². The maximum atomic E-state index is 6.51. The Labute approximate surface area is 127 Å². The molecule has 1 fully saturated rings. The molecule has 2 unspecified atom stereocenters. The van der Waals surface area contributed by atoms with Gasteiger partial charge in [-0.15, -0.1) is 0 Å². The van der Waals surface area contributed by atoms with Gasteiger partial charge in [-0.05, 0) is 39.8 Å². The van der Waals surface area contributed by atoms with Crippen molar-refractivity contribution in [3.8, 4) is 5.75 Å². The molecule has 1 aliphatic rings. The smallest absolute Gasteiger partial charge is 0.161 e. The Morgan fingerprint density at radius 2 is 2.19 bits per heavy atom. The fourth-order valence-corrected chi connectivity index (χ4v) is 2.65. The summed E-state index contributed by atoms with van der Waals surface area (Å²) in [5.74, 6) is 1.33. The minimum atomic E-state index is -0.197. The summed E-state index contributed by atoms with van der Waals surface area (Å²) in [4.78, 5) is 2.13. The van der Waals surface area contributed by atoms with Crippen molar-refractivity contribution in [1.29, 1.82) is 0 Å². The molecule has 0 bridgehead atoms. The second-order valence-electron chi connectivity index (χ2n) is 5.91. The first-order valence-electron chi connectivity index (χ1n) is 7.70. The van der Waals surface area contributed by atoms with Crippen molar-refractivity contribution in [3.63, 3.8) is 0 Å². The second-order valence-corrected chi connectivity index (χ2v) is 5.91. The molecular formula is C15H28N4O2. The molecule has 2 atom stereocenters. The van der Waals surface area contributed by atoms with Crippen LogP contribution in [0.1, 0.15) is 31.5 Å². The minimum absolute atomic E-state index is 0.0544. The largest absolute Gasteiger partial charge is 0.493 e. The number of rotatable bonds is 9. The van der Waals surface area contributed by atoms with E-state index in [1.165, 1.54) is 12.8 Å². The highest BCUT2D eigenvalue weighted by molar-refractivity contribution is 5.29. The molecule has 0 aliphatic heterocycles. The highest BCUT2D eigenvalue weighted by atomic mass is 16.5. The Kier molecular flexibility index (Phi) is 5.61. The monoisotopic (exact) mass is 296 g/mol. The summed E-state index contributed by atoms with van der Waals surface area (Å²) in [6.07, 6.45) is 4.21. The number of hydrogen-bond acceptors (Lipinski definition) is 5. The third kappa shape index (κ3) is 3.96. The first-order chi connectivity index (χ1) is 10.1. The van der Waals surface area contributed by atoms with Crippen LogP contribution < -0.4 is 10.5 Å². The van der Waals surface area contributed by atoms with Crippen LogP contribution in [0, 0.1) is 5.92 Å². The summed E-state index contributed by atoms with van der Waals surface area (Å²) in [5.41, 5.74) is 7.46. The number of hydrogen-bond donors (Lipinski definition) is 1. The molecule has 1 saturated carbocycles. The molecule has 1 aromatic heterocycles. The number of aromatic nitrogens is 2. The standard InChI is InChI=1S/C15H28N4O2/c1-5-21-15(11-6-7-11)13(16)14-12(20-4)10-17-19(14)9-8-18(2)3/h10-11,13,15H,5-9,16H2,1-4H3. The van der Waals surface area contributed by atoms with E-state index in [9.17, 15) is 0 Å². The molecule has 6 nitrogen and oxygen atoms in total. The van der Waals surface area contributed by atoms with Crippen LogP contribution in [0.2, 0.25) is 0 Å². The average molecular weight is 296 g/mol. The lowest BCUT2D eigenvalue weighted by molar-refractivity contribution is 0.0257. The molecule has 120 valence electrons. The van der Waals surface area contributed by atoms with Gasteiger partial charge in [-0.25, -0.2) is 0 Å². The van der Waals surface area contributed by atoms with Crippen molar-refractivity contribution in [2.75, 3.05) is 34.4 Å². The van der Waals surface area contributed by atoms with Gasteiger partial charge in [-0.1, -0.05) is 0 Å². The maximum absolute atomic E-state index is 6.51. The Balaban J connectivity index is 2.20. The van der Waals surface area contributed by atoms with Gasteiger partial charge in [0.05, 0.1) is 37.7 Å². The Morgan fingerprint density at radius 1 is 1.48 bits per heavy atom. The summed E-state index contributed by atoms with van der Waals surface area (Å²) in [5, 5.41) is 4.43. The van der Waals surface area contributed by atoms with Gasteiger partial charge in [0.1, 0.15) is 0 Å². The number of methoxy groups -OCH3 is 1. The fourth-order valence-electron chi connectivity index (χ4n) is 2.65. The zero-order valence-corrected chi connectivity index (χ0v) is 13.6. The van der Waals surface area contributed by atoms with E-state index in [2.05, 4.69) is 10.00 Å². The van der Waals surface area contributed by atoms with Gasteiger partial charge < -0.3 is 20.1 Å². The van der Waals surface area contributed by atoms with E-state index in [1.807, 2.05) is 25.7 Å². The summed E-state index contributed by atoms with van der Waals surface area (Å²) in [7, 11) is 5.76. The highest BCUT2D eigenvalue weighted by Gasteiger charge is 2.38. The van der Waals surface area contributed by atoms with Crippen molar-refractivity contribution < 1.29 is 9.47 Å². The van der Waals surface area contributed by atoms with E-state index in [0.29, 0.717) is 12.5 Å². The highest BCUT2D eigenvalue weighted by Crippen LogP contribution is 2.40. The summed E-state index contributed by atoms with van der Waals surface area (Å²) < 4.78 is 13.3. The summed E-state index contributed by atoms with van der Waals surface area (Å²) in [6.45, 7) is 4.40. The van der Waals surface area contributed by atoms with E-state index >= 15 is 0 Å². The van der Waals surface area contributed by atoms with E-state index in [4.69, 9.17) is 15.2 Å². The van der Waals surface area contributed by atoms with Gasteiger partial charge in [0.25, 0.3) is 0 Å². The third-order valence-electron chi connectivity index (χ3n) is 3.94. The molecule has 1 heterocycles. The topological polar surface area (TPSA) is 65.5 Å². The summed E-state index contributed by atoms with van der Waals surface area (Å²) in [6, 6.07) is -0.197. The quantitative estimate of drug-likeness (QED) is 0.743. The number of ether oxygens (including phenoxy) is 2. The van der Waals surface area contributed by atoms with Gasteiger partial charge in [0, 0.05) is 13.2 Å². The molecule has 21 heavy (non-hydrogen) atoms. The lowest BCUT2D eigenvalue weighted by Gasteiger charge is -2.25. The fraction of sp³-hybridized carbons (Fsp3) is 0.800. The van der Waals surface area contributed by atoms with E-state index in [1.54, 1.807) is 13.3 Å². The molecule has 0 spiro atoms. The van der Waals surface area contributed by atoms with Crippen molar-refractivity contribution in [2.24, 2.45) is 11.7 Å². The van der Waals surface area contributed by atoms with E-state index in [-0.39, 0.29) is 12.1 Å². The predicted octanol–water partition coefficient (Wildman–Crippen LogP) is 1.27. The first kappa shape index (κ1) is 16.3. The molecule has 0 saturated heterocycles. The lowest BCUT2D eigenvalue weighted by atomic mass is 10.0.